The van der Waals surface area contributed by atoms with E-state index in [2.05, 4.69) is 6.07 Å². The van der Waals surface area contributed by atoms with Crippen LogP contribution in [0.1, 0.15) is 32.6 Å². The second-order valence-electron chi connectivity index (χ2n) is 5.88. The summed E-state index contributed by atoms with van der Waals surface area (Å²) in [6, 6.07) is 2.12. The highest BCUT2D eigenvalue weighted by Crippen LogP contribution is 2.23. The SMILES string of the molecule is COC(=O)N1CCN(C(=O)c2c(C)c(C)cc(C)c2C)CC1. The number of benzene rings is 1. The van der Waals surface area contributed by atoms with E-state index in [1.807, 2.05) is 32.6 Å². The van der Waals surface area contributed by atoms with Gasteiger partial charge in [0.2, 0.25) is 0 Å². The molecule has 1 fully saturated rings. The second kappa shape index (κ2) is 6.38. The van der Waals surface area contributed by atoms with Crippen LogP contribution in [0.3, 0.4) is 0 Å². The number of amides is 2. The number of rotatable bonds is 1. The minimum Gasteiger partial charge on any atom is -0.453 e. The average molecular weight is 304 g/mol. The van der Waals surface area contributed by atoms with E-state index >= 15 is 0 Å². The van der Waals surface area contributed by atoms with Gasteiger partial charge in [-0.25, -0.2) is 4.79 Å². The van der Waals surface area contributed by atoms with Gasteiger partial charge in [0, 0.05) is 31.7 Å². The Kier molecular flexibility index (Phi) is 4.74. The van der Waals surface area contributed by atoms with Gasteiger partial charge in [0.05, 0.1) is 7.11 Å². The van der Waals surface area contributed by atoms with E-state index in [0.717, 1.165) is 27.8 Å². The Morgan fingerprint density at radius 2 is 1.36 bits per heavy atom. The van der Waals surface area contributed by atoms with Crippen LogP contribution in [-0.4, -0.2) is 55.1 Å². The summed E-state index contributed by atoms with van der Waals surface area (Å²) in [7, 11) is 1.38. The van der Waals surface area contributed by atoms with Crippen molar-refractivity contribution in [2.45, 2.75) is 27.7 Å². The van der Waals surface area contributed by atoms with Crippen molar-refractivity contribution >= 4 is 12.0 Å². The largest absolute Gasteiger partial charge is 0.453 e. The van der Waals surface area contributed by atoms with Crippen LogP contribution in [-0.2, 0) is 4.74 Å². The molecule has 0 aliphatic carbocycles. The molecule has 1 heterocycles. The smallest absolute Gasteiger partial charge is 0.409 e. The standard InChI is InChI=1S/C17H24N2O3/c1-11-10-12(2)14(4)15(13(11)3)16(20)18-6-8-19(9-7-18)17(21)22-5/h10H,6-9H2,1-5H3. The molecule has 120 valence electrons. The first-order valence-electron chi connectivity index (χ1n) is 7.56. The fraction of sp³-hybridized carbons (Fsp3) is 0.529. The zero-order valence-corrected chi connectivity index (χ0v) is 14.0. The molecule has 0 unspecified atom stereocenters. The lowest BCUT2D eigenvalue weighted by molar-refractivity contribution is 0.0598. The van der Waals surface area contributed by atoms with E-state index in [9.17, 15) is 9.59 Å². The highest BCUT2D eigenvalue weighted by atomic mass is 16.5. The van der Waals surface area contributed by atoms with Crippen molar-refractivity contribution in [3.63, 3.8) is 0 Å². The summed E-state index contributed by atoms with van der Waals surface area (Å²) in [4.78, 5) is 27.9. The summed E-state index contributed by atoms with van der Waals surface area (Å²) >= 11 is 0. The quantitative estimate of drug-likeness (QED) is 0.801. The first kappa shape index (κ1) is 16.3. The van der Waals surface area contributed by atoms with E-state index in [1.165, 1.54) is 7.11 Å². The van der Waals surface area contributed by atoms with Crippen LogP contribution in [0.2, 0.25) is 0 Å². The third-order valence-electron chi connectivity index (χ3n) is 4.58. The molecule has 1 aromatic rings. The molecular weight excluding hydrogens is 280 g/mol. The normalized spacial score (nSPS) is 15.0. The molecule has 1 aliphatic rings. The topological polar surface area (TPSA) is 49.9 Å². The van der Waals surface area contributed by atoms with Crippen LogP contribution in [0.5, 0.6) is 0 Å². The van der Waals surface area contributed by atoms with Crippen LogP contribution in [0.15, 0.2) is 6.07 Å². The third-order valence-corrected chi connectivity index (χ3v) is 4.58. The van der Waals surface area contributed by atoms with Crippen LogP contribution >= 0.6 is 0 Å². The maximum absolute atomic E-state index is 12.9. The summed E-state index contributed by atoms with van der Waals surface area (Å²) in [5, 5.41) is 0. The van der Waals surface area contributed by atoms with Gasteiger partial charge in [-0.05, 0) is 49.9 Å². The fourth-order valence-corrected chi connectivity index (χ4v) is 2.92. The molecule has 1 saturated heterocycles. The first-order valence-corrected chi connectivity index (χ1v) is 7.56. The summed E-state index contributed by atoms with van der Waals surface area (Å²) in [5.74, 6) is 0.0614. The maximum atomic E-state index is 12.9. The van der Waals surface area contributed by atoms with Crippen LogP contribution in [0.4, 0.5) is 4.79 Å². The zero-order chi connectivity index (χ0) is 16.4. The van der Waals surface area contributed by atoms with Crippen molar-refractivity contribution < 1.29 is 14.3 Å². The Hall–Kier alpha value is -2.04. The molecule has 22 heavy (non-hydrogen) atoms. The molecule has 1 aliphatic heterocycles. The Bertz CT molecular complexity index is 576. The average Bonchev–Trinajstić information content (AvgIpc) is 2.52. The fourth-order valence-electron chi connectivity index (χ4n) is 2.92. The highest BCUT2D eigenvalue weighted by Gasteiger charge is 2.27. The molecule has 0 spiro atoms. The number of hydrogen-bond acceptors (Lipinski definition) is 3. The lowest BCUT2D eigenvalue weighted by Gasteiger charge is -2.34. The van der Waals surface area contributed by atoms with Crippen molar-refractivity contribution in [1.29, 1.82) is 0 Å². The number of carbonyl (C=O) groups excluding carboxylic acids is 2. The molecule has 0 bridgehead atoms. The molecule has 0 radical (unpaired) electrons. The van der Waals surface area contributed by atoms with Gasteiger partial charge in [-0.1, -0.05) is 6.07 Å². The first-order chi connectivity index (χ1) is 10.4. The molecular formula is C17H24N2O3. The molecule has 0 saturated carbocycles. The van der Waals surface area contributed by atoms with Gasteiger partial charge in [-0.3, -0.25) is 4.79 Å². The molecule has 2 amide bonds. The van der Waals surface area contributed by atoms with Crippen molar-refractivity contribution in [3.8, 4) is 0 Å². The Labute approximate surface area is 131 Å². The number of carbonyl (C=O) groups is 2. The van der Waals surface area contributed by atoms with E-state index in [0.29, 0.717) is 26.2 Å². The van der Waals surface area contributed by atoms with Crippen LogP contribution in [0, 0.1) is 27.7 Å². The van der Waals surface area contributed by atoms with E-state index in [4.69, 9.17) is 4.74 Å². The van der Waals surface area contributed by atoms with E-state index in [-0.39, 0.29) is 12.0 Å². The Morgan fingerprint density at radius 3 is 1.82 bits per heavy atom. The van der Waals surface area contributed by atoms with Crippen molar-refractivity contribution in [3.05, 3.63) is 33.9 Å². The monoisotopic (exact) mass is 304 g/mol. The van der Waals surface area contributed by atoms with Crippen molar-refractivity contribution in [2.24, 2.45) is 0 Å². The lowest BCUT2D eigenvalue weighted by atomic mass is 9.93. The summed E-state index contributed by atoms with van der Waals surface area (Å²) in [6.07, 6.45) is -0.328. The molecule has 0 aromatic heterocycles. The second-order valence-corrected chi connectivity index (χ2v) is 5.88. The van der Waals surface area contributed by atoms with Crippen molar-refractivity contribution in [2.75, 3.05) is 33.3 Å². The maximum Gasteiger partial charge on any atom is 0.409 e. The van der Waals surface area contributed by atoms with Crippen molar-refractivity contribution in [1.82, 2.24) is 9.80 Å². The number of methoxy groups -OCH3 is 1. The van der Waals surface area contributed by atoms with Gasteiger partial charge in [-0.15, -0.1) is 0 Å². The van der Waals surface area contributed by atoms with Gasteiger partial charge >= 0.3 is 6.09 Å². The van der Waals surface area contributed by atoms with Crippen LogP contribution in [0.25, 0.3) is 0 Å². The van der Waals surface area contributed by atoms with Crippen LogP contribution < -0.4 is 0 Å². The molecule has 1 aromatic carbocycles. The molecule has 2 rings (SSSR count). The van der Waals surface area contributed by atoms with E-state index in [1.54, 1.807) is 4.90 Å². The third kappa shape index (κ3) is 2.93. The number of hydrogen-bond donors (Lipinski definition) is 0. The molecule has 0 atom stereocenters. The van der Waals surface area contributed by atoms with Gasteiger partial charge in [0.25, 0.3) is 5.91 Å². The predicted molar refractivity (Wildman–Crippen MR) is 85.3 cm³/mol. The van der Waals surface area contributed by atoms with Gasteiger partial charge < -0.3 is 14.5 Å². The number of ether oxygens (including phenoxy) is 1. The Balaban J connectivity index is 2.19. The molecule has 5 heteroatoms. The lowest BCUT2D eigenvalue weighted by Crippen LogP contribution is -2.50. The minimum atomic E-state index is -0.328. The Morgan fingerprint density at radius 1 is 0.909 bits per heavy atom. The zero-order valence-electron chi connectivity index (χ0n) is 14.0. The van der Waals surface area contributed by atoms with Gasteiger partial charge in [0.1, 0.15) is 0 Å². The summed E-state index contributed by atoms with van der Waals surface area (Å²) < 4.78 is 4.72. The number of nitrogens with zero attached hydrogens (tertiary/aromatic N) is 2. The summed E-state index contributed by atoms with van der Waals surface area (Å²) in [5.41, 5.74) is 5.18. The predicted octanol–water partition coefficient (Wildman–Crippen LogP) is 2.44. The minimum absolute atomic E-state index is 0.0614. The molecule has 5 nitrogen and oxygen atoms in total. The number of piperazine rings is 1. The highest BCUT2D eigenvalue weighted by molar-refractivity contribution is 5.98. The number of aryl methyl sites for hydroxylation is 2. The van der Waals surface area contributed by atoms with Gasteiger partial charge in [0.15, 0.2) is 0 Å². The molecule has 0 N–H and O–H groups in total. The van der Waals surface area contributed by atoms with Gasteiger partial charge in [-0.2, -0.15) is 0 Å². The summed E-state index contributed by atoms with van der Waals surface area (Å²) in [6.45, 7) is 10.2. The van der Waals surface area contributed by atoms with E-state index < -0.39 is 0 Å².